The number of carbonyl (C=O) groups is 2. The minimum atomic E-state index is -0.546. The minimum absolute atomic E-state index is 0.145. The van der Waals surface area contributed by atoms with Crippen LogP contribution in [0, 0.1) is 0 Å². The zero-order valence-corrected chi connectivity index (χ0v) is 27.2. The number of ether oxygens (including phenoxy) is 6. The summed E-state index contributed by atoms with van der Waals surface area (Å²) in [6.45, 7) is 7.06. The summed E-state index contributed by atoms with van der Waals surface area (Å²) in [5.74, 6) is 0.890. The van der Waals surface area contributed by atoms with Crippen molar-refractivity contribution in [1.29, 1.82) is 0 Å². The predicted octanol–water partition coefficient (Wildman–Crippen LogP) is 7.59. The minimum Gasteiger partial charge on any atom is -0.488 e. The number of fused-ring (bicyclic) bond motifs is 2. The molecule has 0 aromatic heterocycles. The molecule has 0 spiro atoms. The van der Waals surface area contributed by atoms with Crippen molar-refractivity contribution >= 4 is 33.5 Å². The topological polar surface area (TPSA) is 89.5 Å². The van der Waals surface area contributed by atoms with E-state index in [0.29, 0.717) is 24.3 Å². The highest BCUT2D eigenvalue weighted by molar-refractivity contribution is 6.11. The summed E-state index contributed by atoms with van der Waals surface area (Å²) in [6, 6.07) is 14.2. The fraction of sp³-hybridized carbons (Fsp3) is 0.556. The maximum absolute atomic E-state index is 12.5. The average Bonchev–Trinajstić information content (AvgIpc) is 3.02. The molecule has 0 aliphatic rings. The van der Waals surface area contributed by atoms with Crippen LogP contribution >= 0.6 is 0 Å². The molecule has 0 fully saturated rings. The molecule has 0 saturated carbocycles. The van der Waals surface area contributed by atoms with Gasteiger partial charge >= 0.3 is 11.9 Å². The number of hydrogen-bond donors (Lipinski definition) is 0. The standard InChI is InChI=1S/C36H50O8/c1-6-9-11-17-33(37)43-27(22-39-4)24-41-35-29-15-13-14-16-30(29)36(32-21-26(8-3)19-20-31(32)35)42-25-28(23-40-5)44-34(38)18-12-10-7-2/h13-16,19-21,27-28H,6-12,17-18,22-25H2,1-5H3. The van der Waals surface area contributed by atoms with E-state index in [0.717, 1.165) is 72.1 Å². The van der Waals surface area contributed by atoms with Crippen molar-refractivity contribution in [2.24, 2.45) is 0 Å². The number of benzene rings is 3. The highest BCUT2D eigenvalue weighted by Gasteiger charge is 2.22. The van der Waals surface area contributed by atoms with Crippen LogP contribution in [-0.2, 0) is 35.0 Å². The molecule has 8 nitrogen and oxygen atoms in total. The molecule has 0 aliphatic heterocycles. The summed E-state index contributed by atoms with van der Waals surface area (Å²) in [5.41, 5.74) is 1.15. The van der Waals surface area contributed by atoms with Gasteiger partial charge in [0.15, 0.2) is 12.2 Å². The lowest BCUT2D eigenvalue weighted by atomic mass is 9.98. The van der Waals surface area contributed by atoms with Crippen LogP contribution in [0.3, 0.4) is 0 Å². The number of unbranched alkanes of at least 4 members (excludes halogenated alkanes) is 4. The summed E-state index contributed by atoms with van der Waals surface area (Å²) >= 11 is 0. The van der Waals surface area contributed by atoms with Crippen LogP contribution in [0.2, 0.25) is 0 Å². The first-order valence-electron chi connectivity index (χ1n) is 16.0. The second-order valence-corrected chi connectivity index (χ2v) is 11.1. The van der Waals surface area contributed by atoms with Gasteiger partial charge < -0.3 is 28.4 Å². The number of esters is 2. The van der Waals surface area contributed by atoms with Crippen molar-refractivity contribution in [1.82, 2.24) is 0 Å². The Morgan fingerprint density at radius 3 is 1.55 bits per heavy atom. The SMILES string of the molecule is CCCCCC(=O)OC(COC)COc1c2ccccc2c(OCC(COC)OC(=O)CCCCC)c2cc(CC)ccc12. The van der Waals surface area contributed by atoms with Gasteiger partial charge in [-0.05, 0) is 30.9 Å². The molecule has 0 saturated heterocycles. The predicted molar refractivity (Wildman–Crippen MR) is 174 cm³/mol. The van der Waals surface area contributed by atoms with E-state index in [9.17, 15) is 9.59 Å². The monoisotopic (exact) mass is 610 g/mol. The molecule has 0 bridgehead atoms. The normalized spacial score (nSPS) is 12.7. The third kappa shape index (κ3) is 10.4. The van der Waals surface area contributed by atoms with Crippen molar-refractivity contribution in [2.45, 2.75) is 90.8 Å². The Hall–Kier alpha value is -3.36. The summed E-state index contributed by atoms with van der Waals surface area (Å²) in [6.07, 6.45) is 6.17. The smallest absolute Gasteiger partial charge is 0.306 e. The molecule has 2 atom stereocenters. The zero-order chi connectivity index (χ0) is 31.7. The zero-order valence-electron chi connectivity index (χ0n) is 27.2. The Bertz CT molecular complexity index is 1320. The van der Waals surface area contributed by atoms with E-state index in [4.69, 9.17) is 28.4 Å². The Labute approximate surface area is 262 Å². The van der Waals surface area contributed by atoms with Crippen LogP contribution in [0.25, 0.3) is 21.5 Å². The van der Waals surface area contributed by atoms with Gasteiger partial charge in [-0.2, -0.15) is 0 Å². The second-order valence-electron chi connectivity index (χ2n) is 11.1. The first-order valence-corrected chi connectivity index (χ1v) is 16.0. The van der Waals surface area contributed by atoms with Crippen LogP contribution in [0.5, 0.6) is 11.5 Å². The van der Waals surface area contributed by atoms with E-state index < -0.39 is 12.2 Å². The number of hydrogen-bond acceptors (Lipinski definition) is 8. The Morgan fingerprint density at radius 2 is 1.09 bits per heavy atom. The van der Waals surface area contributed by atoms with Crippen molar-refractivity contribution in [3.05, 3.63) is 48.0 Å². The summed E-state index contributed by atoms with van der Waals surface area (Å²) in [7, 11) is 3.17. The quantitative estimate of drug-likeness (QED) is 0.0692. The van der Waals surface area contributed by atoms with Crippen LogP contribution < -0.4 is 9.47 Å². The van der Waals surface area contributed by atoms with Crippen LogP contribution in [0.4, 0.5) is 0 Å². The van der Waals surface area contributed by atoms with Crippen LogP contribution in [0.1, 0.15) is 77.7 Å². The molecule has 3 aromatic carbocycles. The Kier molecular flexibility index (Phi) is 15.3. The highest BCUT2D eigenvalue weighted by Crippen LogP contribution is 2.43. The molecular weight excluding hydrogens is 560 g/mol. The van der Waals surface area contributed by atoms with Gasteiger partial charge in [-0.1, -0.05) is 82.9 Å². The molecule has 0 aliphatic carbocycles. The summed E-state index contributed by atoms with van der Waals surface area (Å²) in [4.78, 5) is 25.0. The molecule has 0 radical (unpaired) electrons. The van der Waals surface area contributed by atoms with Gasteiger partial charge in [0.2, 0.25) is 0 Å². The largest absolute Gasteiger partial charge is 0.488 e. The van der Waals surface area contributed by atoms with E-state index >= 15 is 0 Å². The molecule has 0 heterocycles. The second kappa shape index (κ2) is 19.1. The van der Waals surface area contributed by atoms with Crippen molar-refractivity contribution in [2.75, 3.05) is 40.6 Å². The van der Waals surface area contributed by atoms with E-state index in [-0.39, 0.29) is 38.4 Å². The van der Waals surface area contributed by atoms with Crippen molar-refractivity contribution in [3.8, 4) is 11.5 Å². The van der Waals surface area contributed by atoms with E-state index in [1.165, 1.54) is 0 Å². The molecule has 0 amide bonds. The number of methoxy groups -OCH3 is 2. The van der Waals surface area contributed by atoms with E-state index in [2.05, 4.69) is 32.9 Å². The van der Waals surface area contributed by atoms with E-state index in [1.807, 2.05) is 30.3 Å². The lowest BCUT2D eigenvalue weighted by Gasteiger charge is -2.23. The highest BCUT2D eigenvalue weighted by atomic mass is 16.6. The van der Waals surface area contributed by atoms with Crippen LogP contribution in [0.15, 0.2) is 42.5 Å². The first-order chi connectivity index (χ1) is 21.4. The maximum Gasteiger partial charge on any atom is 0.306 e. The fourth-order valence-corrected chi connectivity index (χ4v) is 5.16. The van der Waals surface area contributed by atoms with Gasteiger partial charge in [0.05, 0.1) is 13.2 Å². The van der Waals surface area contributed by atoms with Gasteiger partial charge in [0, 0.05) is 48.6 Å². The van der Waals surface area contributed by atoms with Crippen molar-refractivity contribution in [3.63, 3.8) is 0 Å². The number of carbonyl (C=O) groups excluding carboxylic acids is 2. The summed E-state index contributed by atoms with van der Waals surface area (Å²) < 4.78 is 35.1. The molecule has 3 aromatic rings. The third-order valence-corrected chi connectivity index (χ3v) is 7.50. The molecule has 3 rings (SSSR count). The Morgan fingerprint density at radius 1 is 0.614 bits per heavy atom. The van der Waals surface area contributed by atoms with Crippen LogP contribution in [-0.4, -0.2) is 64.8 Å². The van der Waals surface area contributed by atoms with E-state index in [1.54, 1.807) is 14.2 Å². The first kappa shape index (κ1) is 35.1. The molecule has 242 valence electrons. The molecule has 44 heavy (non-hydrogen) atoms. The maximum atomic E-state index is 12.5. The van der Waals surface area contributed by atoms with Crippen molar-refractivity contribution < 1.29 is 38.0 Å². The van der Waals surface area contributed by atoms with Gasteiger partial charge in [-0.3, -0.25) is 9.59 Å². The van der Waals surface area contributed by atoms with Gasteiger partial charge in [-0.25, -0.2) is 0 Å². The number of aryl methyl sites for hydroxylation is 1. The van der Waals surface area contributed by atoms with Gasteiger partial charge in [0.25, 0.3) is 0 Å². The van der Waals surface area contributed by atoms with Gasteiger partial charge in [-0.15, -0.1) is 0 Å². The lowest BCUT2D eigenvalue weighted by Crippen LogP contribution is -2.30. The average molecular weight is 611 g/mol. The molecule has 2 unspecified atom stereocenters. The fourth-order valence-electron chi connectivity index (χ4n) is 5.16. The molecule has 0 N–H and O–H groups in total. The van der Waals surface area contributed by atoms with Gasteiger partial charge in [0.1, 0.15) is 24.7 Å². The summed E-state index contributed by atoms with van der Waals surface area (Å²) in [5, 5.41) is 3.50. The molecule has 8 heteroatoms. The lowest BCUT2D eigenvalue weighted by molar-refractivity contribution is -0.154. The molecular formula is C36H50O8. The third-order valence-electron chi connectivity index (χ3n) is 7.50. The Balaban J connectivity index is 1.92. The number of rotatable bonds is 21.